The quantitative estimate of drug-likeness (QED) is 0.618. The molecule has 1 aromatic carbocycles. The third-order valence-electron chi connectivity index (χ3n) is 6.35. The summed E-state index contributed by atoms with van der Waals surface area (Å²) in [4.78, 5) is 28.0. The molecule has 4 rings (SSSR count). The first-order valence-electron chi connectivity index (χ1n) is 12.0. The Kier molecular flexibility index (Phi) is 8.94. The zero-order valence-corrected chi connectivity index (χ0v) is 20.4. The summed E-state index contributed by atoms with van der Waals surface area (Å²) < 4.78 is 38.3. The molecule has 36 heavy (non-hydrogen) atoms. The van der Waals surface area contributed by atoms with Crippen LogP contribution in [0.2, 0.25) is 0 Å². The molecule has 1 unspecified atom stereocenters. The first-order chi connectivity index (χ1) is 17.0. The van der Waals surface area contributed by atoms with E-state index in [-0.39, 0.29) is 23.5 Å². The van der Waals surface area contributed by atoms with Crippen molar-refractivity contribution in [1.82, 2.24) is 15.2 Å². The van der Waals surface area contributed by atoms with Crippen LogP contribution in [0.3, 0.4) is 0 Å². The number of fused-ring (bicyclic) bond motifs is 1. The number of piperidine rings is 1. The molecule has 2 aliphatic rings. The summed E-state index contributed by atoms with van der Waals surface area (Å²) in [6, 6.07) is 12.6. The number of amides is 1. The summed E-state index contributed by atoms with van der Waals surface area (Å²) in [6.07, 6.45) is 2.06. The predicted molar refractivity (Wildman–Crippen MR) is 127 cm³/mol. The van der Waals surface area contributed by atoms with Crippen molar-refractivity contribution in [3.63, 3.8) is 0 Å². The van der Waals surface area contributed by atoms with Gasteiger partial charge in [0.15, 0.2) is 0 Å². The van der Waals surface area contributed by atoms with E-state index in [9.17, 15) is 18.0 Å². The maximum atomic E-state index is 12.5. The monoisotopic (exact) mass is 507 g/mol. The number of halogens is 3. The molecule has 1 atom stereocenters. The molecule has 3 heterocycles. The number of alkyl halides is 3. The number of benzene rings is 1. The minimum absolute atomic E-state index is 0.131. The molecular weight excluding hydrogens is 475 g/mol. The van der Waals surface area contributed by atoms with Crippen LogP contribution < -0.4 is 10.1 Å². The molecule has 2 aliphatic heterocycles. The second kappa shape index (κ2) is 11.7. The van der Waals surface area contributed by atoms with Crippen LogP contribution in [0.25, 0.3) is 0 Å². The Morgan fingerprint density at radius 3 is 2.36 bits per heavy atom. The molecule has 1 fully saturated rings. The molecule has 0 saturated carbocycles. The Bertz CT molecular complexity index is 1020. The summed E-state index contributed by atoms with van der Waals surface area (Å²) in [5, 5.41) is 10.2. The lowest BCUT2D eigenvalue weighted by Gasteiger charge is -2.47. The van der Waals surface area contributed by atoms with Crippen LogP contribution in [0.4, 0.5) is 13.2 Å². The Morgan fingerprint density at radius 1 is 1.17 bits per heavy atom. The van der Waals surface area contributed by atoms with Crippen LogP contribution in [0.15, 0.2) is 48.8 Å². The molecule has 196 valence electrons. The fourth-order valence-electron chi connectivity index (χ4n) is 4.70. The van der Waals surface area contributed by atoms with Crippen molar-refractivity contribution in [2.75, 3.05) is 13.1 Å². The van der Waals surface area contributed by atoms with Crippen molar-refractivity contribution in [2.45, 2.75) is 69.8 Å². The first kappa shape index (κ1) is 27.4. The van der Waals surface area contributed by atoms with Crippen LogP contribution >= 0.6 is 0 Å². The number of nitrogens with zero attached hydrogens (tertiary/aromatic N) is 2. The van der Waals surface area contributed by atoms with Crippen LogP contribution in [0.1, 0.15) is 56.6 Å². The number of pyridine rings is 1. The number of ether oxygens (including phenoxy) is 1. The number of para-hydroxylation sites is 1. The fraction of sp³-hybridized carbons (Fsp3) is 0.500. The number of likely N-dealkylation sites (tertiary alicyclic amines) is 1. The van der Waals surface area contributed by atoms with Gasteiger partial charge < -0.3 is 15.2 Å². The van der Waals surface area contributed by atoms with Gasteiger partial charge in [-0.1, -0.05) is 18.2 Å². The highest BCUT2D eigenvalue weighted by Crippen LogP contribution is 2.46. The Balaban J connectivity index is 0.000000454. The first-order valence-corrected chi connectivity index (χ1v) is 12.0. The van der Waals surface area contributed by atoms with E-state index in [0.717, 1.165) is 44.6 Å². The number of aliphatic carboxylic acids is 1. The van der Waals surface area contributed by atoms with Crippen LogP contribution in [-0.2, 0) is 16.1 Å². The molecular formula is C26H32F3N3O4. The number of carboxylic acids is 1. The highest BCUT2D eigenvalue weighted by Gasteiger charge is 2.43. The highest BCUT2D eigenvalue weighted by molar-refractivity contribution is 5.77. The minimum atomic E-state index is -5.08. The molecule has 2 aromatic rings. The third-order valence-corrected chi connectivity index (χ3v) is 6.35. The normalized spacial score (nSPS) is 19.0. The number of rotatable bonds is 5. The van der Waals surface area contributed by atoms with Gasteiger partial charge >= 0.3 is 12.1 Å². The fourth-order valence-corrected chi connectivity index (χ4v) is 4.70. The van der Waals surface area contributed by atoms with Crippen LogP contribution in [0.5, 0.6) is 5.75 Å². The lowest BCUT2D eigenvalue weighted by molar-refractivity contribution is -0.192. The average Bonchev–Trinajstić information content (AvgIpc) is 2.81. The van der Waals surface area contributed by atoms with Crippen molar-refractivity contribution in [3.05, 3.63) is 59.9 Å². The van der Waals surface area contributed by atoms with E-state index < -0.39 is 12.1 Å². The van der Waals surface area contributed by atoms with Crippen molar-refractivity contribution in [1.29, 1.82) is 0 Å². The zero-order chi connectivity index (χ0) is 26.3. The van der Waals surface area contributed by atoms with E-state index in [4.69, 9.17) is 14.6 Å². The summed E-state index contributed by atoms with van der Waals surface area (Å²) in [7, 11) is 0. The number of nitrogens with one attached hydrogen (secondary N) is 1. The number of carbonyl (C=O) groups is 2. The SMILES string of the molecule is CC(C)NC(=O)CC1CC2(CCN(Cc3ccncc3)CC2)Oc2ccccc21.O=C(O)C(F)(F)F. The molecule has 1 amide bonds. The van der Waals surface area contributed by atoms with Gasteiger partial charge in [0.1, 0.15) is 11.4 Å². The van der Waals surface area contributed by atoms with Gasteiger partial charge in [-0.2, -0.15) is 13.2 Å². The smallest absolute Gasteiger partial charge is 0.487 e. The van der Waals surface area contributed by atoms with Gasteiger partial charge in [0.25, 0.3) is 0 Å². The molecule has 2 N–H and O–H groups in total. The maximum absolute atomic E-state index is 12.5. The molecule has 0 aliphatic carbocycles. The van der Waals surface area contributed by atoms with Crippen LogP contribution in [-0.4, -0.2) is 57.8 Å². The number of aromatic nitrogens is 1. The maximum Gasteiger partial charge on any atom is 0.490 e. The second-order valence-electron chi connectivity index (χ2n) is 9.58. The minimum Gasteiger partial charge on any atom is -0.487 e. The average molecular weight is 508 g/mol. The van der Waals surface area contributed by atoms with E-state index in [1.165, 1.54) is 11.1 Å². The highest BCUT2D eigenvalue weighted by atomic mass is 19.4. The molecule has 1 spiro atoms. The molecule has 0 radical (unpaired) electrons. The van der Waals surface area contributed by atoms with Gasteiger partial charge in [-0.05, 0) is 62.4 Å². The molecule has 1 saturated heterocycles. The van der Waals surface area contributed by atoms with Gasteiger partial charge in [-0.15, -0.1) is 0 Å². The van der Waals surface area contributed by atoms with Gasteiger partial charge in [0, 0.05) is 50.4 Å². The van der Waals surface area contributed by atoms with E-state index in [1.54, 1.807) is 0 Å². The standard InChI is InChI=1S/C24H31N3O2.C2HF3O2/c1-18(2)26-23(28)15-20-16-24(29-22-6-4-3-5-21(20)22)9-13-27(14-10-24)17-19-7-11-25-12-8-19;3-2(4,5)1(6)7/h3-8,11-12,18,20H,9-10,13-17H2,1-2H3,(H,26,28);(H,6,7). The Hall–Kier alpha value is -3.14. The molecule has 10 heteroatoms. The van der Waals surface area contributed by atoms with E-state index in [0.29, 0.717) is 6.42 Å². The van der Waals surface area contributed by atoms with Gasteiger partial charge in [0.2, 0.25) is 5.91 Å². The van der Waals surface area contributed by atoms with E-state index in [2.05, 4.69) is 39.5 Å². The van der Waals surface area contributed by atoms with Crippen molar-refractivity contribution in [3.8, 4) is 5.75 Å². The molecule has 0 bridgehead atoms. The number of carbonyl (C=O) groups excluding carboxylic acids is 1. The largest absolute Gasteiger partial charge is 0.490 e. The Morgan fingerprint density at radius 2 is 1.78 bits per heavy atom. The van der Waals surface area contributed by atoms with Gasteiger partial charge in [-0.3, -0.25) is 14.7 Å². The van der Waals surface area contributed by atoms with Crippen molar-refractivity contribution in [2.24, 2.45) is 0 Å². The van der Waals surface area contributed by atoms with Gasteiger partial charge in [-0.25, -0.2) is 4.79 Å². The van der Waals surface area contributed by atoms with Gasteiger partial charge in [0.05, 0.1) is 0 Å². The van der Waals surface area contributed by atoms with E-state index in [1.807, 2.05) is 38.4 Å². The van der Waals surface area contributed by atoms with Crippen molar-refractivity contribution >= 4 is 11.9 Å². The lowest BCUT2D eigenvalue weighted by atomic mass is 9.76. The predicted octanol–water partition coefficient (Wildman–Crippen LogP) is 4.53. The Labute approximate surface area is 208 Å². The zero-order valence-electron chi connectivity index (χ0n) is 20.4. The number of hydrogen-bond donors (Lipinski definition) is 2. The summed E-state index contributed by atoms with van der Waals surface area (Å²) in [6.45, 7) is 6.99. The lowest BCUT2D eigenvalue weighted by Crippen LogP contribution is -2.50. The second-order valence-corrected chi connectivity index (χ2v) is 9.58. The number of carboxylic acid groups (broad SMARTS) is 1. The third kappa shape index (κ3) is 7.68. The summed E-state index contributed by atoms with van der Waals surface area (Å²) >= 11 is 0. The molecule has 7 nitrogen and oxygen atoms in total. The topological polar surface area (TPSA) is 91.8 Å². The molecule has 1 aromatic heterocycles. The van der Waals surface area contributed by atoms with E-state index >= 15 is 0 Å². The summed E-state index contributed by atoms with van der Waals surface area (Å²) in [5.41, 5.74) is 2.32. The van der Waals surface area contributed by atoms with Crippen LogP contribution in [0, 0.1) is 0 Å². The summed E-state index contributed by atoms with van der Waals surface area (Å²) in [5.74, 6) is -1.45. The van der Waals surface area contributed by atoms with Crippen molar-refractivity contribution < 1.29 is 32.6 Å². The number of hydrogen-bond acceptors (Lipinski definition) is 5.